The Bertz CT molecular complexity index is 423. The van der Waals surface area contributed by atoms with Crippen LogP contribution in [0.25, 0.3) is 0 Å². The lowest BCUT2D eigenvalue weighted by Crippen LogP contribution is -2.17. The zero-order valence-corrected chi connectivity index (χ0v) is 12.4. The van der Waals surface area contributed by atoms with Crippen molar-refractivity contribution in [1.82, 2.24) is 0 Å². The number of alkyl halides is 1. The van der Waals surface area contributed by atoms with Crippen molar-refractivity contribution >= 4 is 15.9 Å². The molecule has 0 aromatic heterocycles. The van der Waals surface area contributed by atoms with Gasteiger partial charge in [0.15, 0.2) is 0 Å². The molecule has 1 atom stereocenters. The molecule has 0 heterocycles. The summed E-state index contributed by atoms with van der Waals surface area (Å²) in [6.07, 6.45) is 4.64. The number of rotatable bonds is 2. The first kappa shape index (κ1) is 14.0. The van der Waals surface area contributed by atoms with E-state index in [1.807, 2.05) is 0 Å². The smallest absolute Gasteiger partial charge is 0.130 e. The van der Waals surface area contributed by atoms with E-state index in [0.717, 1.165) is 24.8 Å². The van der Waals surface area contributed by atoms with E-state index in [1.54, 1.807) is 13.0 Å². The van der Waals surface area contributed by atoms with Crippen molar-refractivity contribution < 1.29 is 8.78 Å². The van der Waals surface area contributed by atoms with Gasteiger partial charge in [0.05, 0.1) is 0 Å². The fourth-order valence-electron chi connectivity index (χ4n) is 2.72. The Balaban J connectivity index is 2.18. The van der Waals surface area contributed by atoms with Gasteiger partial charge < -0.3 is 0 Å². The summed E-state index contributed by atoms with van der Waals surface area (Å²) in [7, 11) is 0. The lowest BCUT2D eigenvalue weighted by molar-refractivity contribution is 0.285. The normalized spacial score (nSPS) is 26.1. The fraction of sp³-hybridized carbons (Fsp3) is 0.600. The highest BCUT2D eigenvalue weighted by Crippen LogP contribution is 2.42. The average Bonchev–Trinajstić information content (AvgIpc) is 2.34. The molecule has 1 unspecified atom stereocenters. The van der Waals surface area contributed by atoms with Crippen molar-refractivity contribution in [3.63, 3.8) is 0 Å². The molecule has 2 rings (SSSR count). The predicted octanol–water partition coefficient (Wildman–Crippen LogP) is 5.54. The van der Waals surface area contributed by atoms with Crippen molar-refractivity contribution in [2.24, 2.45) is 11.8 Å². The largest absolute Gasteiger partial charge is 0.207 e. The average molecular weight is 317 g/mol. The molecule has 0 bridgehead atoms. The molecule has 0 amide bonds. The van der Waals surface area contributed by atoms with Crippen LogP contribution in [0.4, 0.5) is 8.78 Å². The molecule has 0 radical (unpaired) electrons. The van der Waals surface area contributed by atoms with Gasteiger partial charge in [0.25, 0.3) is 0 Å². The molecular formula is C15H19BrF2. The summed E-state index contributed by atoms with van der Waals surface area (Å²) in [5.74, 6) is 0.341. The molecule has 1 aliphatic rings. The first-order chi connectivity index (χ1) is 8.49. The van der Waals surface area contributed by atoms with Crippen LogP contribution in [0.15, 0.2) is 12.1 Å². The van der Waals surface area contributed by atoms with Crippen molar-refractivity contribution in [3.05, 3.63) is 34.9 Å². The van der Waals surface area contributed by atoms with E-state index in [-0.39, 0.29) is 4.83 Å². The molecule has 1 fully saturated rings. The first-order valence-corrected chi connectivity index (χ1v) is 7.50. The molecule has 100 valence electrons. The summed E-state index contributed by atoms with van der Waals surface area (Å²) in [6.45, 7) is 3.95. The van der Waals surface area contributed by atoms with Crippen molar-refractivity contribution in [2.45, 2.75) is 44.4 Å². The number of hydrogen-bond acceptors (Lipinski definition) is 0. The van der Waals surface area contributed by atoms with E-state index in [4.69, 9.17) is 0 Å². The fourth-order valence-corrected chi connectivity index (χ4v) is 3.60. The summed E-state index contributed by atoms with van der Waals surface area (Å²) < 4.78 is 27.1. The molecule has 18 heavy (non-hydrogen) atoms. The SMILES string of the molecule is Cc1cc(C(Br)C2CCC(C)CC2)c(F)cc1F. The first-order valence-electron chi connectivity index (χ1n) is 6.58. The van der Waals surface area contributed by atoms with Crippen LogP contribution in [0.2, 0.25) is 0 Å². The molecule has 1 saturated carbocycles. The zero-order chi connectivity index (χ0) is 13.3. The van der Waals surface area contributed by atoms with Gasteiger partial charge in [0, 0.05) is 16.5 Å². The maximum Gasteiger partial charge on any atom is 0.130 e. The molecule has 0 spiro atoms. The van der Waals surface area contributed by atoms with Crippen LogP contribution in [-0.2, 0) is 0 Å². The highest BCUT2D eigenvalue weighted by Gasteiger charge is 2.27. The number of benzene rings is 1. The summed E-state index contributed by atoms with van der Waals surface area (Å²) in [5, 5.41) is 0. The summed E-state index contributed by atoms with van der Waals surface area (Å²) >= 11 is 3.61. The topological polar surface area (TPSA) is 0 Å². The number of hydrogen-bond donors (Lipinski definition) is 0. The maximum atomic E-state index is 13.8. The molecule has 0 saturated heterocycles. The highest BCUT2D eigenvalue weighted by molar-refractivity contribution is 9.09. The minimum Gasteiger partial charge on any atom is -0.207 e. The monoisotopic (exact) mass is 316 g/mol. The Morgan fingerprint density at radius 1 is 1.11 bits per heavy atom. The second-order valence-electron chi connectivity index (χ2n) is 5.54. The van der Waals surface area contributed by atoms with Crippen molar-refractivity contribution in [1.29, 1.82) is 0 Å². The zero-order valence-electron chi connectivity index (χ0n) is 10.8. The van der Waals surface area contributed by atoms with Crippen LogP contribution in [0.1, 0.15) is 48.6 Å². The predicted molar refractivity (Wildman–Crippen MR) is 73.9 cm³/mol. The van der Waals surface area contributed by atoms with Crippen molar-refractivity contribution in [2.75, 3.05) is 0 Å². The van der Waals surface area contributed by atoms with Gasteiger partial charge >= 0.3 is 0 Å². The summed E-state index contributed by atoms with van der Waals surface area (Å²) in [5.41, 5.74) is 1.12. The van der Waals surface area contributed by atoms with Gasteiger partial charge in [0.1, 0.15) is 11.6 Å². The van der Waals surface area contributed by atoms with E-state index >= 15 is 0 Å². The third kappa shape index (κ3) is 2.93. The number of aryl methyl sites for hydroxylation is 1. The van der Waals surface area contributed by atoms with Gasteiger partial charge in [-0.2, -0.15) is 0 Å². The Kier molecular flexibility index (Phi) is 4.41. The molecule has 1 aromatic carbocycles. The minimum absolute atomic E-state index is 0.00398. The maximum absolute atomic E-state index is 13.8. The van der Waals surface area contributed by atoms with E-state index in [2.05, 4.69) is 22.9 Å². The van der Waals surface area contributed by atoms with Crippen LogP contribution in [0, 0.1) is 30.4 Å². The van der Waals surface area contributed by atoms with E-state index in [0.29, 0.717) is 17.0 Å². The minimum atomic E-state index is -0.465. The van der Waals surface area contributed by atoms with Crippen molar-refractivity contribution in [3.8, 4) is 0 Å². The van der Waals surface area contributed by atoms with E-state index in [1.165, 1.54) is 12.8 Å². The van der Waals surface area contributed by atoms with Crippen LogP contribution in [0.3, 0.4) is 0 Å². The quantitative estimate of drug-likeness (QED) is 0.629. The van der Waals surface area contributed by atoms with Gasteiger partial charge in [-0.15, -0.1) is 0 Å². The third-order valence-corrected chi connectivity index (χ3v) is 5.29. The molecule has 1 aromatic rings. The van der Waals surface area contributed by atoms with Gasteiger partial charge in [-0.05, 0) is 43.2 Å². The van der Waals surface area contributed by atoms with E-state index < -0.39 is 11.6 Å². The van der Waals surface area contributed by atoms with Crippen LogP contribution in [0.5, 0.6) is 0 Å². The third-order valence-electron chi connectivity index (χ3n) is 4.05. The molecule has 0 aliphatic heterocycles. The Labute approximate surface area is 116 Å². The molecule has 1 aliphatic carbocycles. The van der Waals surface area contributed by atoms with Crippen LogP contribution < -0.4 is 0 Å². The molecular weight excluding hydrogens is 298 g/mol. The van der Waals surface area contributed by atoms with Gasteiger partial charge in [-0.3, -0.25) is 0 Å². The lowest BCUT2D eigenvalue weighted by Gasteiger charge is -2.30. The van der Waals surface area contributed by atoms with Gasteiger partial charge in [-0.25, -0.2) is 8.78 Å². The molecule has 3 heteroatoms. The molecule has 0 nitrogen and oxygen atoms in total. The van der Waals surface area contributed by atoms with Gasteiger partial charge in [-0.1, -0.05) is 35.7 Å². The second-order valence-corrected chi connectivity index (χ2v) is 6.53. The van der Waals surface area contributed by atoms with Crippen LogP contribution in [-0.4, -0.2) is 0 Å². The Hall–Kier alpha value is -0.440. The van der Waals surface area contributed by atoms with Gasteiger partial charge in [0.2, 0.25) is 0 Å². The lowest BCUT2D eigenvalue weighted by atomic mass is 9.80. The highest BCUT2D eigenvalue weighted by atomic mass is 79.9. The van der Waals surface area contributed by atoms with E-state index in [9.17, 15) is 8.78 Å². The summed E-state index contributed by atoms with van der Waals surface area (Å²) in [4.78, 5) is 0.00398. The Morgan fingerprint density at radius 2 is 1.72 bits per heavy atom. The molecule has 0 N–H and O–H groups in total. The van der Waals surface area contributed by atoms with Crippen LogP contribution >= 0.6 is 15.9 Å². The summed E-state index contributed by atoms with van der Waals surface area (Å²) in [6, 6.07) is 2.65. The Morgan fingerprint density at radius 3 is 2.33 bits per heavy atom. The second kappa shape index (κ2) is 5.68. The number of halogens is 3. The standard InChI is InChI=1S/C15H19BrF2/c1-9-3-5-11(6-4-9)15(16)12-7-10(2)13(17)8-14(12)18/h7-9,11,15H,3-6H2,1-2H3.